The summed E-state index contributed by atoms with van der Waals surface area (Å²) in [5.41, 5.74) is 0.264. The van der Waals surface area contributed by atoms with Crippen molar-refractivity contribution in [1.29, 1.82) is 5.26 Å². The van der Waals surface area contributed by atoms with Gasteiger partial charge in [-0.05, 0) is 19.3 Å². The van der Waals surface area contributed by atoms with E-state index >= 15 is 0 Å². The quantitative estimate of drug-likeness (QED) is 0.607. The van der Waals surface area contributed by atoms with Gasteiger partial charge in [0.2, 0.25) is 17.5 Å². The maximum atomic E-state index is 12.0. The summed E-state index contributed by atoms with van der Waals surface area (Å²) in [7, 11) is 1.63. The topological polar surface area (TPSA) is 73.4 Å². The van der Waals surface area contributed by atoms with Crippen LogP contribution in [0.15, 0.2) is 9.32 Å². The minimum absolute atomic E-state index is 0.175. The first kappa shape index (κ1) is 15.1. The maximum absolute atomic E-state index is 12.0. The van der Waals surface area contributed by atoms with Crippen LogP contribution < -0.4 is 4.90 Å². The van der Waals surface area contributed by atoms with Gasteiger partial charge in [-0.2, -0.15) is 10.2 Å². The Kier molecular flexibility index (Phi) is 4.18. The summed E-state index contributed by atoms with van der Waals surface area (Å²) in [6.07, 6.45) is 4.90. The molecule has 3 heterocycles. The zero-order valence-electron chi connectivity index (χ0n) is 12.0. The summed E-state index contributed by atoms with van der Waals surface area (Å²) in [4.78, 5) is 20.1. The molecule has 1 amide bonds. The van der Waals surface area contributed by atoms with Gasteiger partial charge >= 0.3 is 0 Å². The number of nitrogens with zero attached hydrogens (tertiary/aromatic N) is 4. The second kappa shape index (κ2) is 6.10. The van der Waals surface area contributed by atoms with Crippen molar-refractivity contribution >= 4 is 46.2 Å². The van der Waals surface area contributed by atoms with Crippen LogP contribution in [0.4, 0.5) is 5.88 Å². The van der Waals surface area contributed by atoms with Crippen molar-refractivity contribution in [2.24, 2.45) is 0 Å². The van der Waals surface area contributed by atoms with Crippen molar-refractivity contribution in [2.45, 2.75) is 19.3 Å². The Labute approximate surface area is 137 Å². The SMILES string of the molecule is CN1C(=O)/C(=C/c2nc(C#N)c(N3CCCCC3)o2)SC1=S. The van der Waals surface area contributed by atoms with Crippen LogP contribution >= 0.6 is 24.0 Å². The van der Waals surface area contributed by atoms with E-state index in [-0.39, 0.29) is 17.5 Å². The van der Waals surface area contributed by atoms with Gasteiger partial charge in [0.25, 0.3) is 5.91 Å². The van der Waals surface area contributed by atoms with Gasteiger partial charge in [0.05, 0.1) is 4.91 Å². The van der Waals surface area contributed by atoms with E-state index < -0.39 is 0 Å². The summed E-state index contributed by atoms with van der Waals surface area (Å²) < 4.78 is 6.21. The second-order valence-electron chi connectivity index (χ2n) is 5.11. The number of thiocarbonyl (C=S) groups is 1. The number of likely N-dealkylation sites (N-methyl/N-ethyl adjacent to an activating group) is 1. The van der Waals surface area contributed by atoms with Crippen molar-refractivity contribution < 1.29 is 9.21 Å². The number of nitriles is 1. The molecule has 0 saturated carbocycles. The molecule has 0 aliphatic carbocycles. The Bertz CT molecular complexity index is 698. The molecule has 2 aliphatic heterocycles. The molecule has 22 heavy (non-hydrogen) atoms. The average molecular weight is 334 g/mol. The highest BCUT2D eigenvalue weighted by atomic mass is 32.2. The minimum atomic E-state index is -0.175. The average Bonchev–Trinajstić information content (AvgIpc) is 3.05. The molecule has 0 aromatic carbocycles. The largest absolute Gasteiger partial charge is 0.420 e. The number of anilines is 1. The number of amides is 1. The van der Waals surface area contributed by atoms with E-state index in [9.17, 15) is 10.1 Å². The fourth-order valence-electron chi connectivity index (χ4n) is 2.43. The molecule has 0 radical (unpaired) electrons. The van der Waals surface area contributed by atoms with Crippen molar-refractivity contribution in [2.75, 3.05) is 25.0 Å². The lowest BCUT2D eigenvalue weighted by Gasteiger charge is -2.25. The number of aromatic nitrogens is 1. The van der Waals surface area contributed by atoms with Gasteiger partial charge in [-0.15, -0.1) is 0 Å². The molecule has 1 aromatic heterocycles. The van der Waals surface area contributed by atoms with Gasteiger partial charge in [0.15, 0.2) is 0 Å². The third kappa shape index (κ3) is 2.74. The van der Waals surface area contributed by atoms with Crippen LogP contribution in [-0.2, 0) is 4.79 Å². The molecule has 0 unspecified atom stereocenters. The Hall–Kier alpha value is -1.85. The van der Waals surface area contributed by atoms with E-state index in [1.54, 1.807) is 13.1 Å². The molecule has 3 rings (SSSR count). The van der Waals surface area contributed by atoms with Gasteiger partial charge in [-0.25, -0.2) is 0 Å². The molecular formula is C14H14N4O2S2. The molecule has 1 aromatic rings. The van der Waals surface area contributed by atoms with Crippen LogP contribution in [0.5, 0.6) is 0 Å². The predicted octanol–water partition coefficient (Wildman–Crippen LogP) is 2.37. The lowest BCUT2D eigenvalue weighted by molar-refractivity contribution is -0.121. The lowest BCUT2D eigenvalue weighted by atomic mass is 10.1. The number of piperidine rings is 1. The second-order valence-corrected chi connectivity index (χ2v) is 6.78. The maximum Gasteiger partial charge on any atom is 0.266 e. The van der Waals surface area contributed by atoms with Gasteiger partial charge in [0, 0.05) is 26.2 Å². The zero-order valence-corrected chi connectivity index (χ0v) is 13.7. The number of hydrogen-bond donors (Lipinski definition) is 0. The smallest absolute Gasteiger partial charge is 0.266 e. The van der Waals surface area contributed by atoms with Crippen LogP contribution in [0, 0.1) is 11.3 Å². The lowest BCUT2D eigenvalue weighted by Crippen LogP contribution is -2.29. The van der Waals surface area contributed by atoms with Crippen LogP contribution in [0.25, 0.3) is 6.08 Å². The van der Waals surface area contributed by atoms with E-state index in [0.29, 0.717) is 15.1 Å². The third-order valence-electron chi connectivity index (χ3n) is 3.62. The van der Waals surface area contributed by atoms with E-state index in [0.717, 1.165) is 25.9 Å². The number of carbonyl (C=O) groups is 1. The molecule has 0 bridgehead atoms. The first-order chi connectivity index (χ1) is 10.6. The molecule has 0 spiro atoms. The van der Waals surface area contributed by atoms with E-state index in [1.807, 2.05) is 4.90 Å². The van der Waals surface area contributed by atoms with Crippen molar-refractivity contribution in [3.05, 3.63) is 16.5 Å². The highest BCUT2D eigenvalue weighted by Crippen LogP contribution is 2.32. The minimum Gasteiger partial charge on any atom is -0.420 e. The Morgan fingerprint density at radius 3 is 2.73 bits per heavy atom. The molecule has 2 aliphatic rings. The Balaban J connectivity index is 1.90. The summed E-state index contributed by atoms with van der Waals surface area (Å²) in [5, 5.41) is 9.24. The van der Waals surface area contributed by atoms with Crippen LogP contribution in [0.1, 0.15) is 30.8 Å². The number of hydrogen-bond acceptors (Lipinski definition) is 7. The van der Waals surface area contributed by atoms with E-state index in [1.165, 1.54) is 23.1 Å². The molecule has 2 fully saturated rings. The highest BCUT2D eigenvalue weighted by molar-refractivity contribution is 8.26. The summed E-state index contributed by atoms with van der Waals surface area (Å²) >= 11 is 6.29. The third-order valence-corrected chi connectivity index (χ3v) is 5.10. The van der Waals surface area contributed by atoms with E-state index in [4.69, 9.17) is 16.6 Å². The molecule has 2 saturated heterocycles. The molecule has 114 valence electrons. The molecule has 6 nitrogen and oxygen atoms in total. The van der Waals surface area contributed by atoms with Gasteiger partial charge in [-0.1, -0.05) is 24.0 Å². The summed E-state index contributed by atoms with van der Waals surface area (Å²) in [5.74, 6) is 0.595. The number of thioether (sulfide) groups is 1. The van der Waals surface area contributed by atoms with Crippen LogP contribution in [0.3, 0.4) is 0 Å². The Morgan fingerprint density at radius 1 is 1.41 bits per heavy atom. The zero-order chi connectivity index (χ0) is 15.7. The number of oxazole rings is 1. The first-order valence-electron chi connectivity index (χ1n) is 6.97. The Morgan fingerprint density at radius 2 is 2.14 bits per heavy atom. The normalized spacial score (nSPS) is 20.8. The standard InChI is InChI=1S/C14H14N4O2S2/c1-17-12(19)10(22-14(17)21)7-11-16-9(8-15)13(20-11)18-5-3-2-4-6-18/h7H,2-6H2,1H3/b10-7-. The molecule has 0 N–H and O–H groups in total. The summed E-state index contributed by atoms with van der Waals surface area (Å²) in [6.45, 7) is 1.72. The predicted molar refractivity (Wildman–Crippen MR) is 88.2 cm³/mol. The first-order valence-corrected chi connectivity index (χ1v) is 8.20. The van der Waals surface area contributed by atoms with Gasteiger partial charge < -0.3 is 9.32 Å². The highest BCUT2D eigenvalue weighted by Gasteiger charge is 2.30. The van der Waals surface area contributed by atoms with Crippen LogP contribution in [-0.4, -0.2) is 40.2 Å². The monoisotopic (exact) mass is 334 g/mol. The molecule has 0 atom stereocenters. The molecular weight excluding hydrogens is 320 g/mol. The fourth-order valence-corrected chi connectivity index (χ4v) is 3.58. The van der Waals surface area contributed by atoms with E-state index in [2.05, 4.69) is 11.1 Å². The summed E-state index contributed by atoms with van der Waals surface area (Å²) in [6, 6.07) is 2.06. The van der Waals surface area contributed by atoms with Gasteiger partial charge in [0.1, 0.15) is 10.4 Å². The number of carbonyl (C=O) groups excluding carboxylic acids is 1. The van der Waals surface area contributed by atoms with Crippen molar-refractivity contribution in [3.63, 3.8) is 0 Å². The van der Waals surface area contributed by atoms with Crippen LogP contribution in [0.2, 0.25) is 0 Å². The van der Waals surface area contributed by atoms with Crippen molar-refractivity contribution in [1.82, 2.24) is 9.88 Å². The molecule has 8 heteroatoms. The van der Waals surface area contributed by atoms with Gasteiger partial charge in [-0.3, -0.25) is 9.69 Å². The number of rotatable bonds is 2. The van der Waals surface area contributed by atoms with Crippen molar-refractivity contribution in [3.8, 4) is 6.07 Å². The fraction of sp³-hybridized carbons (Fsp3) is 0.429.